The second-order valence-electron chi connectivity index (χ2n) is 3.92. The Morgan fingerprint density at radius 3 is 2.80 bits per heavy atom. The molecule has 2 rings (SSSR count). The number of carbonyl (C=O) groups is 1. The van der Waals surface area contributed by atoms with Gasteiger partial charge in [-0.3, -0.25) is 9.71 Å². The van der Waals surface area contributed by atoms with E-state index in [1.54, 1.807) is 4.57 Å². The molecule has 2 heterocycles. The van der Waals surface area contributed by atoms with Gasteiger partial charge in [0.2, 0.25) is 0 Å². The number of aromatic carboxylic acids is 1. The maximum absolute atomic E-state index is 12.0. The molecule has 2 aromatic rings. The molecule has 0 saturated carbocycles. The van der Waals surface area contributed by atoms with Gasteiger partial charge >= 0.3 is 5.97 Å². The summed E-state index contributed by atoms with van der Waals surface area (Å²) < 4.78 is 27.9. The summed E-state index contributed by atoms with van der Waals surface area (Å²) in [7, 11) is -3.86. The Kier molecular flexibility index (Phi) is 3.70. The van der Waals surface area contributed by atoms with Crippen molar-refractivity contribution in [2.75, 3.05) is 4.72 Å². The van der Waals surface area contributed by atoms with Crippen LogP contribution in [0.1, 0.15) is 17.3 Å². The lowest BCUT2D eigenvalue weighted by Gasteiger charge is -2.05. The molecule has 0 saturated heterocycles. The van der Waals surface area contributed by atoms with Crippen molar-refractivity contribution < 1.29 is 18.3 Å². The van der Waals surface area contributed by atoms with Crippen LogP contribution in [0.2, 0.25) is 0 Å². The number of anilines is 1. The number of aromatic nitrogens is 3. The summed E-state index contributed by atoms with van der Waals surface area (Å²) in [6.07, 6.45) is 5.14. The van der Waals surface area contributed by atoms with Gasteiger partial charge in [-0.05, 0) is 13.0 Å². The highest BCUT2D eigenvalue weighted by Gasteiger charge is 2.18. The minimum absolute atomic E-state index is 0.0657. The molecule has 8 nitrogen and oxygen atoms in total. The standard InChI is InChI=1S/C11H12N4O4S/c1-2-15-6-10(13-7-15)20(18,19)14-9-3-8(11(16)17)4-12-5-9/h3-7,14H,2H2,1H3,(H,16,17). The Bertz CT molecular complexity index is 738. The molecule has 0 atom stereocenters. The number of pyridine rings is 1. The fourth-order valence-electron chi connectivity index (χ4n) is 1.47. The van der Waals surface area contributed by atoms with E-state index in [0.717, 1.165) is 6.20 Å². The van der Waals surface area contributed by atoms with Crippen molar-refractivity contribution in [3.63, 3.8) is 0 Å². The Hall–Kier alpha value is -2.42. The summed E-state index contributed by atoms with van der Waals surface area (Å²) >= 11 is 0. The zero-order valence-corrected chi connectivity index (χ0v) is 11.3. The lowest BCUT2D eigenvalue weighted by molar-refractivity contribution is 0.0696. The summed E-state index contributed by atoms with van der Waals surface area (Å²) in [4.78, 5) is 18.3. The molecular formula is C11H12N4O4S. The first-order valence-corrected chi connectivity index (χ1v) is 7.13. The van der Waals surface area contributed by atoms with Crippen molar-refractivity contribution in [2.24, 2.45) is 0 Å². The predicted molar refractivity (Wildman–Crippen MR) is 69.9 cm³/mol. The molecule has 0 spiro atoms. The van der Waals surface area contributed by atoms with E-state index in [1.165, 1.54) is 24.8 Å². The highest BCUT2D eigenvalue weighted by atomic mass is 32.2. The van der Waals surface area contributed by atoms with Crippen molar-refractivity contribution in [2.45, 2.75) is 18.5 Å². The third kappa shape index (κ3) is 2.94. The molecule has 0 unspecified atom stereocenters. The number of aryl methyl sites for hydroxylation is 1. The number of nitrogens with one attached hydrogen (secondary N) is 1. The quantitative estimate of drug-likeness (QED) is 0.843. The third-order valence-electron chi connectivity index (χ3n) is 2.49. The van der Waals surface area contributed by atoms with Crippen LogP contribution in [-0.2, 0) is 16.6 Å². The first kappa shape index (κ1) is 14.0. The number of rotatable bonds is 5. The fourth-order valence-corrected chi connectivity index (χ4v) is 2.46. The smallest absolute Gasteiger partial charge is 0.337 e. The number of imidazole rings is 1. The lowest BCUT2D eigenvalue weighted by atomic mass is 10.3. The van der Waals surface area contributed by atoms with Crippen LogP contribution < -0.4 is 4.72 Å². The lowest BCUT2D eigenvalue weighted by Crippen LogP contribution is -2.14. The molecule has 0 radical (unpaired) electrons. The molecule has 0 aliphatic carbocycles. The van der Waals surface area contributed by atoms with Crippen molar-refractivity contribution in [1.29, 1.82) is 0 Å². The minimum Gasteiger partial charge on any atom is -0.478 e. The van der Waals surface area contributed by atoms with Crippen molar-refractivity contribution >= 4 is 21.7 Å². The van der Waals surface area contributed by atoms with E-state index in [2.05, 4.69) is 14.7 Å². The summed E-state index contributed by atoms with van der Waals surface area (Å²) in [5.41, 5.74) is -0.0414. The average Bonchev–Trinajstić information content (AvgIpc) is 2.88. The first-order valence-electron chi connectivity index (χ1n) is 5.65. The van der Waals surface area contributed by atoms with Gasteiger partial charge in [0, 0.05) is 18.9 Å². The summed E-state index contributed by atoms with van der Waals surface area (Å²) in [5, 5.41) is 8.69. The highest BCUT2D eigenvalue weighted by molar-refractivity contribution is 7.92. The molecular weight excluding hydrogens is 284 g/mol. The van der Waals surface area contributed by atoms with Crippen LogP contribution >= 0.6 is 0 Å². The SMILES string of the molecule is CCn1cnc(S(=O)(=O)Nc2cncc(C(=O)O)c2)c1. The molecule has 20 heavy (non-hydrogen) atoms. The summed E-state index contributed by atoms with van der Waals surface area (Å²) in [6.45, 7) is 2.45. The second-order valence-corrected chi connectivity index (χ2v) is 5.54. The maximum atomic E-state index is 12.0. The van der Waals surface area contributed by atoms with Gasteiger partial charge in [0.15, 0.2) is 5.03 Å². The molecule has 0 aliphatic heterocycles. The van der Waals surface area contributed by atoms with Crippen LogP contribution in [0.3, 0.4) is 0 Å². The monoisotopic (exact) mass is 296 g/mol. The Labute approximate surface area is 115 Å². The van der Waals surface area contributed by atoms with Crippen LogP contribution in [0.4, 0.5) is 5.69 Å². The van der Waals surface area contributed by atoms with Crippen molar-refractivity contribution in [3.05, 3.63) is 36.5 Å². The van der Waals surface area contributed by atoms with E-state index < -0.39 is 16.0 Å². The van der Waals surface area contributed by atoms with Gasteiger partial charge in [-0.2, -0.15) is 8.42 Å². The number of sulfonamides is 1. The highest BCUT2D eigenvalue weighted by Crippen LogP contribution is 2.14. The third-order valence-corrected chi connectivity index (χ3v) is 3.75. The van der Waals surface area contributed by atoms with Crippen LogP contribution in [0.25, 0.3) is 0 Å². The Morgan fingerprint density at radius 1 is 1.45 bits per heavy atom. The maximum Gasteiger partial charge on any atom is 0.337 e. The van der Waals surface area contributed by atoms with Crippen molar-refractivity contribution in [1.82, 2.24) is 14.5 Å². The van der Waals surface area contributed by atoms with Gasteiger partial charge in [-0.25, -0.2) is 9.78 Å². The van der Waals surface area contributed by atoms with E-state index in [-0.39, 0.29) is 16.3 Å². The summed E-state index contributed by atoms with van der Waals surface area (Å²) in [5.74, 6) is -1.19. The van der Waals surface area contributed by atoms with E-state index >= 15 is 0 Å². The van der Waals surface area contributed by atoms with E-state index in [9.17, 15) is 13.2 Å². The topological polar surface area (TPSA) is 114 Å². The van der Waals surface area contributed by atoms with E-state index in [0.29, 0.717) is 6.54 Å². The molecule has 2 N–H and O–H groups in total. The number of carboxylic acid groups (broad SMARTS) is 1. The first-order chi connectivity index (χ1) is 9.42. The molecule has 106 valence electrons. The van der Waals surface area contributed by atoms with Gasteiger partial charge < -0.3 is 9.67 Å². The normalized spacial score (nSPS) is 11.2. The van der Waals surface area contributed by atoms with Gasteiger partial charge in [-0.15, -0.1) is 0 Å². The van der Waals surface area contributed by atoms with E-state index in [1.807, 2.05) is 6.92 Å². The van der Waals surface area contributed by atoms with Gasteiger partial charge in [0.05, 0.1) is 23.8 Å². The number of nitrogens with zero attached hydrogens (tertiary/aromatic N) is 3. The Balaban J connectivity index is 2.28. The van der Waals surface area contributed by atoms with Gasteiger partial charge in [0.1, 0.15) is 0 Å². The van der Waals surface area contributed by atoms with Gasteiger partial charge in [-0.1, -0.05) is 0 Å². The zero-order chi connectivity index (χ0) is 14.8. The molecule has 9 heteroatoms. The van der Waals surface area contributed by atoms with Crippen LogP contribution in [0, 0.1) is 0 Å². The van der Waals surface area contributed by atoms with Crippen molar-refractivity contribution in [3.8, 4) is 0 Å². The second kappa shape index (κ2) is 5.29. The molecule has 0 amide bonds. The van der Waals surface area contributed by atoms with Gasteiger partial charge in [0.25, 0.3) is 10.0 Å². The average molecular weight is 296 g/mol. The molecule has 2 aromatic heterocycles. The zero-order valence-electron chi connectivity index (χ0n) is 10.5. The molecule has 0 bridgehead atoms. The molecule has 0 aliphatic rings. The number of carboxylic acids is 1. The van der Waals surface area contributed by atoms with E-state index in [4.69, 9.17) is 5.11 Å². The largest absolute Gasteiger partial charge is 0.478 e. The predicted octanol–water partition coefficient (Wildman–Crippen LogP) is 0.797. The fraction of sp³-hybridized carbons (Fsp3) is 0.182. The molecule has 0 fully saturated rings. The number of hydrogen-bond donors (Lipinski definition) is 2. The van der Waals surface area contributed by atoms with Crippen LogP contribution in [0.5, 0.6) is 0 Å². The summed E-state index contributed by atoms with van der Waals surface area (Å²) in [6, 6.07) is 1.18. The van der Waals surface area contributed by atoms with Crippen LogP contribution in [-0.4, -0.2) is 34.0 Å². The Morgan fingerprint density at radius 2 is 2.20 bits per heavy atom. The minimum atomic E-state index is -3.86. The molecule has 0 aromatic carbocycles. The number of hydrogen-bond acceptors (Lipinski definition) is 5. The van der Waals surface area contributed by atoms with Crippen LogP contribution in [0.15, 0.2) is 36.0 Å².